The van der Waals surface area contributed by atoms with Crippen molar-refractivity contribution in [2.45, 2.75) is 33.7 Å². The molecular formula is C16H20INO. The lowest BCUT2D eigenvalue weighted by atomic mass is 9.97. The van der Waals surface area contributed by atoms with Gasteiger partial charge in [0.1, 0.15) is 11.5 Å². The molecule has 1 heterocycles. The molecule has 0 amide bonds. The van der Waals surface area contributed by atoms with Crippen LogP contribution >= 0.6 is 22.6 Å². The summed E-state index contributed by atoms with van der Waals surface area (Å²) in [6, 6.07) is 8.82. The topological polar surface area (TPSA) is 25.2 Å². The van der Waals surface area contributed by atoms with Crippen LogP contribution in [0.25, 0.3) is 0 Å². The van der Waals surface area contributed by atoms with Gasteiger partial charge in [-0.05, 0) is 67.1 Å². The zero-order valence-electron chi connectivity index (χ0n) is 11.9. The van der Waals surface area contributed by atoms with E-state index in [1.165, 1.54) is 20.3 Å². The lowest BCUT2D eigenvalue weighted by Crippen LogP contribution is -2.23. The number of rotatable bonds is 4. The maximum absolute atomic E-state index is 5.69. The van der Waals surface area contributed by atoms with E-state index < -0.39 is 0 Å². The number of halogens is 1. The van der Waals surface area contributed by atoms with Crippen LogP contribution in [-0.2, 0) is 0 Å². The molecule has 0 aliphatic carbocycles. The third-order valence-corrected chi connectivity index (χ3v) is 4.80. The Balaban J connectivity index is 2.51. The van der Waals surface area contributed by atoms with Crippen molar-refractivity contribution in [3.05, 3.63) is 56.0 Å². The fourth-order valence-corrected chi connectivity index (χ4v) is 3.09. The Labute approximate surface area is 128 Å². The van der Waals surface area contributed by atoms with Gasteiger partial charge in [-0.25, -0.2) is 0 Å². The maximum Gasteiger partial charge on any atom is 0.106 e. The van der Waals surface area contributed by atoms with E-state index in [9.17, 15) is 0 Å². The van der Waals surface area contributed by atoms with Crippen LogP contribution in [0.2, 0.25) is 0 Å². The van der Waals surface area contributed by atoms with Crippen molar-refractivity contribution in [2.24, 2.45) is 0 Å². The normalized spacial score (nSPS) is 12.7. The van der Waals surface area contributed by atoms with Crippen molar-refractivity contribution in [2.75, 3.05) is 6.54 Å². The first kappa shape index (κ1) is 14.6. The summed E-state index contributed by atoms with van der Waals surface area (Å²) in [4.78, 5) is 0. The predicted octanol–water partition coefficient (Wildman–Crippen LogP) is 4.51. The molecule has 0 radical (unpaired) electrons. The summed E-state index contributed by atoms with van der Waals surface area (Å²) in [5.74, 6) is 1.97. The smallest absolute Gasteiger partial charge is 0.106 e. The second-order valence-electron chi connectivity index (χ2n) is 4.84. The lowest BCUT2D eigenvalue weighted by Gasteiger charge is -2.20. The van der Waals surface area contributed by atoms with Crippen LogP contribution in [0.15, 0.2) is 28.7 Å². The minimum absolute atomic E-state index is 0.203. The Morgan fingerprint density at radius 2 is 1.95 bits per heavy atom. The summed E-state index contributed by atoms with van der Waals surface area (Å²) in [6.07, 6.45) is 0. The van der Waals surface area contributed by atoms with Crippen molar-refractivity contribution in [3.8, 4) is 0 Å². The molecule has 1 unspecified atom stereocenters. The molecule has 0 aliphatic heterocycles. The summed E-state index contributed by atoms with van der Waals surface area (Å²) < 4.78 is 7.01. The second-order valence-corrected chi connectivity index (χ2v) is 5.92. The molecule has 19 heavy (non-hydrogen) atoms. The maximum atomic E-state index is 5.69. The molecule has 0 aliphatic rings. The molecule has 3 heteroatoms. The summed E-state index contributed by atoms with van der Waals surface area (Å²) in [6.45, 7) is 9.26. The van der Waals surface area contributed by atoms with Crippen LogP contribution in [0.5, 0.6) is 0 Å². The molecular weight excluding hydrogens is 349 g/mol. The van der Waals surface area contributed by atoms with Crippen molar-refractivity contribution in [3.63, 3.8) is 0 Å². The van der Waals surface area contributed by atoms with E-state index in [2.05, 4.69) is 66.0 Å². The Bertz CT molecular complexity index is 574. The summed E-state index contributed by atoms with van der Waals surface area (Å²) >= 11 is 2.43. The Hall–Kier alpha value is -0.810. The highest BCUT2D eigenvalue weighted by atomic mass is 127. The number of nitrogens with one attached hydrogen (secondary N) is 1. The first-order chi connectivity index (χ1) is 9.04. The van der Waals surface area contributed by atoms with E-state index in [1.807, 2.05) is 13.8 Å². The molecule has 0 spiro atoms. The third-order valence-electron chi connectivity index (χ3n) is 3.33. The fourth-order valence-electron chi connectivity index (χ4n) is 2.42. The highest BCUT2D eigenvalue weighted by Crippen LogP contribution is 2.31. The first-order valence-corrected chi connectivity index (χ1v) is 7.67. The van der Waals surface area contributed by atoms with Gasteiger partial charge in [0.2, 0.25) is 0 Å². The van der Waals surface area contributed by atoms with E-state index in [0.29, 0.717) is 0 Å². The zero-order valence-corrected chi connectivity index (χ0v) is 14.0. The van der Waals surface area contributed by atoms with Crippen molar-refractivity contribution in [1.82, 2.24) is 5.32 Å². The summed E-state index contributed by atoms with van der Waals surface area (Å²) in [5, 5.41) is 3.57. The second kappa shape index (κ2) is 6.09. The van der Waals surface area contributed by atoms with E-state index in [1.54, 1.807) is 0 Å². The average molecular weight is 369 g/mol. The summed E-state index contributed by atoms with van der Waals surface area (Å²) in [5.41, 5.74) is 3.88. The molecule has 1 aromatic carbocycles. The zero-order chi connectivity index (χ0) is 14.0. The van der Waals surface area contributed by atoms with Crippen LogP contribution < -0.4 is 5.32 Å². The van der Waals surface area contributed by atoms with Crippen LogP contribution in [0, 0.1) is 24.3 Å². The molecule has 0 saturated carbocycles. The monoisotopic (exact) mass is 369 g/mol. The van der Waals surface area contributed by atoms with Gasteiger partial charge < -0.3 is 9.73 Å². The number of furan rings is 1. The van der Waals surface area contributed by atoms with Crippen molar-refractivity contribution in [1.29, 1.82) is 0 Å². The Morgan fingerprint density at radius 1 is 1.21 bits per heavy atom. The SMILES string of the molecule is CCNC(c1cc(C)oc1C)c1cccc(C)c1I. The molecule has 102 valence electrons. The van der Waals surface area contributed by atoms with Crippen LogP contribution in [-0.4, -0.2) is 6.54 Å². The van der Waals surface area contributed by atoms with Crippen LogP contribution in [0.4, 0.5) is 0 Å². The van der Waals surface area contributed by atoms with E-state index >= 15 is 0 Å². The highest BCUT2D eigenvalue weighted by Gasteiger charge is 2.20. The van der Waals surface area contributed by atoms with Gasteiger partial charge in [0.05, 0.1) is 6.04 Å². The van der Waals surface area contributed by atoms with Crippen LogP contribution in [0.1, 0.15) is 41.2 Å². The lowest BCUT2D eigenvalue weighted by molar-refractivity contribution is 0.495. The molecule has 0 bridgehead atoms. The third kappa shape index (κ3) is 3.03. The van der Waals surface area contributed by atoms with Gasteiger partial charge in [-0.2, -0.15) is 0 Å². The molecule has 1 N–H and O–H groups in total. The van der Waals surface area contributed by atoms with Crippen LogP contribution in [0.3, 0.4) is 0 Å². The quantitative estimate of drug-likeness (QED) is 0.803. The fraction of sp³-hybridized carbons (Fsp3) is 0.375. The van der Waals surface area contributed by atoms with E-state index in [-0.39, 0.29) is 6.04 Å². The standard InChI is InChI=1S/C16H20INO/c1-5-18-16(14-9-11(3)19-12(14)4)13-8-6-7-10(2)15(13)17/h6-9,16,18H,5H2,1-4H3. The van der Waals surface area contributed by atoms with Gasteiger partial charge in [-0.15, -0.1) is 0 Å². The number of hydrogen-bond donors (Lipinski definition) is 1. The van der Waals surface area contributed by atoms with Gasteiger partial charge >= 0.3 is 0 Å². The Morgan fingerprint density at radius 3 is 2.53 bits per heavy atom. The van der Waals surface area contributed by atoms with Crippen molar-refractivity contribution >= 4 is 22.6 Å². The van der Waals surface area contributed by atoms with E-state index in [4.69, 9.17) is 4.42 Å². The largest absolute Gasteiger partial charge is 0.466 e. The number of aryl methyl sites for hydroxylation is 3. The number of benzene rings is 1. The Kier molecular flexibility index (Phi) is 4.68. The van der Waals surface area contributed by atoms with Gasteiger partial charge in [-0.3, -0.25) is 0 Å². The average Bonchev–Trinajstić information content (AvgIpc) is 2.69. The molecule has 0 fully saturated rings. The van der Waals surface area contributed by atoms with Gasteiger partial charge in [-0.1, -0.05) is 25.1 Å². The first-order valence-electron chi connectivity index (χ1n) is 6.60. The molecule has 2 aromatic rings. The molecule has 2 rings (SSSR count). The van der Waals surface area contributed by atoms with Gasteiger partial charge in [0.15, 0.2) is 0 Å². The molecule has 1 atom stereocenters. The van der Waals surface area contributed by atoms with Gasteiger partial charge in [0.25, 0.3) is 0 Å². The van der Waals surface area contributed by atoms with E-state index in [0.717, 1.165) is 18.1 Å². The van der Waals surface area contributed by atoms with Crippen molar-refractivity contribution < 1.29 is 4.42 Å². The highest BCUT2D eigenvalue weighted by molar-refractivity contribution is 14.1. The minimum atomic E-state index is 0.203. The summed E-state index contributed by atoms with van der Waals surface area (Å²) in [7, 11) is 0. The van der Waals surface area contributed by atoms with Gasteiger partial charge in [0, 0.05) is 9.13 Å². The molecule has 1 aromatic heterocycles. The molecule has 0 saturated heterocycles. The number of hydrogen-bond acceptors (Lipinski definition) is 2. The predicted molar refractivity (Wildman–Crippen MR) is 87.6 cm³/mol. The minimum Gasteiger partial charge on any atom is -0.466 e. The molecule has 2 nitrogen and oxygen atoms in total.